The molecular weight excluding hydrogens is 454 g/mol. The maximum Gasteiger partial charge on any atom is 0.278 e. The number of carbonyl (C=O) groups excluding carboxylic acids is 1. The van der Waals surface area contributed by atoms with E-state index < -0.39 is 0 Å². The Bertz CT molecular complexity index is 1410. The molecule has 34 heavy (non-hydrogen) atoms. The Balaban J connectivity index is 1.57. The van der Waals surface area contributed by atoms with E-state index in [4.69, 9.17) is 21.1 Å². The largest absolute Gasteiger partial charge is 0.490 e. The summed E-state index contributed by atoms with van der Waals surface area (Å²) in [5.74, 6) is 1.19. The van der Waals surface area contributed by atoms with Gasteiger partial charge in [-0.05, 0) is 49.4 Å². The van der Waals surface area contributed by atoms with Crippen LogP contribution in [0.25, 0.3) is 5.69 Å². The first kappa shape index (κ1) is 21.9. The lowest BCUT2D eigenvalue weighted by Crippen LogP contribution is -2.27. The number of nitrogens with one attached hydrogen (secondary N) is 1. The molecule has 3 aromatic carbocycles. The number of benzene rings is 3. The summed E-state index contributed by atoms with van der Waals surface area (Å²) < 4.78 is 15.1. The van der Waals surface area contributed by atoms with Gasteiger partial charge in [0, 0.05) is 22.7 Å². The van der Waals surface area contributed by atoms with Crippen molar-refractivity contribution in [3.8, 4) is 23.1 Å². The van der Waals surface area contributed by atoms with Gasteiger partial charge in [-0.3, -0.25) is 9.59 Å². The second-order valence-corrected chi connectivity index (χ2v) is 8.24. The number of anilines is 1. The van der Waals surface area contributed by atoms with Gasteiger partial charge in [0.2, 0.25) is 11.8 Å². The van der Waals surface area contributed by atoms with Gasteiger partial charge in [-0.25, -0.2) is 9.36 Å². The van der Waals surface area contributed by atoms with E-state index in [1.807, 2.05) is 55.5 Å². The fourth-order valence-electron chi connectivity index (χ4n) is 4.05. The predicted octanol–water partition coefficient (Wildman–Crippen LogP) is 5.03. The topological polar surface area (TPSA) is 74.5 Å². The Morgan fingerprint density at radius 3 is 2.56 bits per heavy atom. The van der Waals surface area contributed by atoms with Crippen molar-refractivity contribution in [3.05, 3.63) is 99.3 Å². The van der Waals surface area contributed by atoms with Crippen molar-refractivity contribution in [2.45, 2.75) is 19.9 Å². The lowest BCUT2D eigenvalue weighted by Gasteiger charge is -2.21. The van der Waals surface area contributed by atoms with Gasteiger partial charge in [-0.2, -0.15) is 0 Å². The predicted molar refractivity (Wildman–Crippen MR) is 131 cm³/mol. The van der Waals surface area contributed by atoms with Crippen molar-refractivity contribution in [2.75, 3.05) is 11.9 Å². The molecule has 2 heterocycles. The zero-order chi connectivity index (χ0) is 23.7. The minimum Gasteiger partial charge on any atom is -0.490 e. The summed E-state index contributed by atoms with van der Waals surface area (Å²) in [6.07, 6.45) is 0.378. The zero-order valence-corrected chi connectivity index (χ0v) is 19.2. The molecule has 0 spiro atoms. The van der Waals surface area contributed by atoms with Gasteiger partial charge in [0.1, 0.15) is 6.54 Å². The number of rotatable bonds is 6. The lowest BCUT2D eigenvalue weighted by molar-refractivity contribution is -0.117. The summed E-state index contributed by atoms with van der Waals surface area (Å²) in [6.45, 7) is 2.25. The summed E-state index contributed by atoms with van der Waals surface area (Å²) in [7, 11) is 0. The first-order valence-corrected chi connectivity index (χ1v) is 11.3. The fourth-order valence-corrected chi connectivity index (χ4v) is 4.18. The van der Waals surface area contributed by atoms with Crippen molar-refractivity contribution >= 4 is 23.2 Å². The van der Waals surface area contributed by atoms with Crippen molar-refractivity contribution in [2.24, 2.45) is 0 Å². The Morgan fingerprint density at radius 1 is 1.06 bits per heavy atom. The van der Waals surface area contributed by atoms with E-state index in [-0.39, 0.29) is 18.0 Å². The van der Waals surface area contributed by atoms with Gasteiger partial charge < -0.3 is 14.8 Å². The van der Waals surface area contributed by atoms with E-state index >= 15 is 0 Å². The highest BCUT2D eigenvalue weighted by Crippen LogP contribution is 2.42. The van der Waals surface area contributed by atoms with Crippen molar-refractivity contribution in [1.82, 2.24) is 9.36 Å². The first-order chi connectivity index (χ1) is 16.5. The van der Waals surface area contributed by atoms with Crippen LogP contribution in [-0.2, 0) is 17.8 Å². The molecule has 7 nitrogen and oxygen atoms in total. The molecule has 8 heteroatoms. The highest BCUT2D eigenvalue weighted by molar-refractivity contribution is 6.30. The van der Waals surface area contributed by atoms with E-state index in [1.165, 1.54) is 4.68 Å². The molecular formula is C26H22ClN3O4. The van der Waals surface area contributed by atoms with Crippen LogP contribution in [0.15, 0.2) is 77.6 Å². The number of halogens is 1. The molecule has 1 aromatic heterocycles. The number of ether oxygens (including phenoxy) is 2. The number of carbonyl (C=O) groups is 1. The van der Waals surface area contributed by atoms with Gasteiger partial charge >= 0.3 is 0 Å². The van der Waals surface area contributed by atoms with E-state index in [0.29, 0.717) is 52.4 Å². The molecule has 1 N–H and O–H groups in total. The highest BCUT2D eigenvalue weighted by atomic mass is 35.5. The molecule has 0 fully saturated rings. The van der Waals surface area contributed by atoms with Crippen LogP contribution in [0.4, 0.5) is 5.69 Å². The molecule has 0 radical (unpaired) electrons. The second kappa shape index (κ2) is 9.11. The Morgan fingerprint density at radius 2 is 1.82 bits per heavy atom. The van der Waals surface area contributed by atoms with Crippen LogP contribution in [-0.4, -0.2) is 21.9 Å². The van der Waals surface area contributed by atoms with Crippen LogP contribution in [0, 0.1) is 0 Å². The third-order valence-corrected chi connectivity index (χ3v) is 5.78. The number of nitrogens with zero attached hydrogens (tertiary/aromatic N) is 2. The standard InChI is InChI=1S/C26H22ClN3O4/c1-2-33-22-10-6-7-17-15-21-25(32)30(20-8-4-3-5-9-20)29(26(21)34-24(17)22)16-23(31)28-19-13-11-18(27)12-14-19/h3-14H,2,15-16H2,1H3,(H,28,31). The minimum absolute atomic E-state index is 0.131. The molecule has 0 aliphatic carbocycles. The summed E-state index contributed by atoms with van der Waals surface area (Å²) >= 11 is 5.94. The van der Waals surface area contributed by atoms with Gasteiger partial charge in [0.05, 0.1) is 17.9 Å². The van der Waals surface area contributed by atoms with Crippen LogP contribution in [0.5, 0.6) is 17.4 Å². The van der Waals surface area contributed by atoms with Crippen molar-refractivity contribution in [1.29, 1.82) is 0 Å². The summed E-state index contributed by atoms with van der Waals surface area (Å²) in [4.78, 5) is 26.5. The molecule has 0 saturated heterocycles. The maximum atomic E-state index is 13.5. The fraction of sp³-hybridized carbons (Fsp3) is 0.154. The number of hydrogen-bond acceptors (Lipinski definition) is 4. The van der Waals surface area contributed by atoms with Crippen molar-refractivity contribution in [3.63, 3.8) is 0 Å². The number of hydrogen-bond donors (Lipinski definition) is 1. The van der Waals surface area contributed by atoms with E-state index in [0.717, 1.165) is 5.56 Å². The van der Waals surface area contributed by atoms with Gasteiger partial charge in [0.15, 0.2) is 11.5 Å². The molecule has 1 aliphatic rings. The highest BCUT2D eigenvalue weighted by Gasteiger charge is 2.30. The molecule has 1 amide bonds. The van der Waals surface area contributed by atoms with Crippen LogP contribution < -0.4 is 20.3 Å². The van der Waals surface area contributed by atoms with Gasteiger partial charge in [-0.1, -0.05) is 41.9 Å². The average molecular weight is 476 g/mol. The second-order valence-electron chi connectivity index (χ2n) is 7.81. The molecule has 4 aromatic rings. The van der Waals surface area contributed by atoms with E-state index in [2.05, 4.69) is 5.32 Å². The third kappa shape index (κ3) is 4.06. The summed E-state index contributed by atoms with van der Waals surface area (Å²) in [6, 6.07) is 21.7. The Hall–Kier alpha value is -3.97. The maximum absolute atomic E-state index is 13.5. The quantitative estimate of drug-likeness (QED) is 0.374. The third-order valence-electron chi connectivity index (χ3n) is 5.53. The van der Waals surface area contributed by atoms with Gasteiger partial charge in [-0.15, -0.1) is 0 Å². The Kier molecular flexibility index (Phi) is 5.86. The number of aromatic nitrogens is 2. The van der Waals surface area contributed by atoms with Crippen LogP contribution >= 0.6 is 11.6 Å². The molecule has 0 atom stereocenters. The SMILES string of the molecule is CCOc1cccc2c1Oc1c(c(=O)n(-c3ccccc3)n1CC(=O)Nc1ccc(Cl)cc1)C2. The smallest absolute Gasteiger partial charge is 0.278 e. The molecule has 172 valence electrons. The molecule has 0 saturated carbocycles. The average Bonchev–Trinajstić information content (AvgIpc) is 3.11. The van der Waals surface area contributed by atoms with E-state index in [1.54, 1.807) is 28.9 Å². The number of fused-ring (bicyclic) bond motifs is 2. The van der Waals surface area contributed by atoms with Gasteiger partial charge in [0.25, 0.3) is 5.56 Å². The normalized spacial score (nSPS) is 11.8. The summed E-state index contributed by atoms with van der Waals surface area (Å²) in [5.41, 5.74) is 2.36. The van der Waals surface area contributed by atoms with Crippen LogP contribution in [0.2, 0.25) is 5.02 Å². The lowest BCUT2D eigenvalue weighted by atomic mass is 10.0. The molecule has 1 aliphatic heterocycles. The molecule has 5 rings (SSSR count). The molecule has 0 unspecified atom stereocenters. The minimum atomic E-state index is -0.308. The molecule has 0 bridgehead atoms. The van der Waals surface area contributed by atoms with E-state index in [9.17, 15) is 9.59 Å². The summed E-state index contributed by atoms with van der Waals surface area (Å²) in [5, 5.41) is 3.43. The van der Waals surface area contributed by atoms with Crippen molar-refractivity contribution < 1.29 is 14.3 Å². The number of para-hydroxylation sites is 2. The van der Waals surface area contributed by atoms with Crippen LogP contribution in [0.3, 0.4) is 0 Å². The Labute approximate surface area is 201 Å². The monoisotopic (exact) mass is 475 g/mol. The zero-order valence-electron chi connectivity index (χ0n) is 18.5. The first-order valence-electron chi connectivity index (χ1n) is 10.9. The number of amides is 1. The van der Waals surface area contributed by atoms with Crippen LogP contribution in [0.1, 0.15) is 18.1 Å².